The highest BCUT2D eigenvalue weighted by molar-refractivity contribution is 6.30. The second kappa shape index (κ2) is 7.61. The van der Waals surface area contributed by atoms with E-state index >= 15 is 0 Å². The molecule has 0 unspecified atom stereocenters. The van der Waals surface area contributed by atoms with Crippen molar-refractivity contribution in [3.63, 3.8) is 0 Å². The summed E-state index contributed by atoms with van der Waals surface area (Å²) in [5, 5.41) is 3.83. The van der Waals surface area contributed by atoms with Crippen LogP contribution in [0.4, 0.5) is 4.39 Å². The largest absolute Gasteiger partial charge is 0.485 e. The molecule has 0 radical (unpaired) electrons. The van der Waals surface area contributed by atoms with E-state index in [1.165, 1.54) is 19.5 Å². The fourth-order valence-corrected chi connectivity index (χ4v) is 1.71. The molecule has 1 heterocycles. The van der Waals surface area contributed by atoms with Crippen molar-refractivity contribution in [1.29, 1.82) is 0 Å². The lowest BCUT2D eigenvalue weighted by Gasteiger charge is -2.11. The van der Waals surface area contributed by atoms with Crippen LogP contribution in [0.1, 0.15) is 6.92 Å². The molecule has 22 heavy (non-hydrogen) atoms. The van der Waals surface area contributed by atoms with Crippen LogP contribution in [0, 0.1) is 5.82 Å². The van der Waals surface area contributed by atoms with Crippen molar-refractivity contribution in [3.05, 3.63) is 47.4 Å². The van der Waals surface area contributed by atoms with Crippen LogP contribution in [0.2, 0.25) is 5.02 Å². The Hall–Kier alpha value is -2.34. The predicted octanol–water partition coefficient (Wildman–Crippen LogP) is 4.07. The molecule has 0 saturated carbocycles. The topological polar surface area (TPSA) is 52.9 Å². The first-order valence-corrected chi connectivity index (χ1v) is 6.78. The molecular formula is C15H14ClFN2O3. The summed E-state index contributed by atoms with van der Waals surface area (Å²) < 4.78 is 24.5. The minimum atomic E-state index is -0.628. The van der Waals surface area contributed by atoms with Gasteiger partial charge in [0.2, 0.25) is 0 Å². The van der Waals surface area contributed by atoms with Crippen molar-refractivity contribution in [2.45, 2.75) is 13.0 Å². The Morgan fingerprint density at radius 3 is 2.59 bits per heavy atom. The van der Waals surface area contributed by atoms with Crippen molar-refractivity contribution in [1.82, 2.24) is 4.98 Å². The summed E-state index contributed by atoms with van der Waals surface area (Å²) in [6.07, 6.45) is 2.59. The maximum absolute atomic E-state index is 13.6. The lowest BCUT2D eigenvalue weighted by molar-refractivity contribution is 0.207. The summed E-state index contributed by atoms with van der Waals surface area (Å²) in [7, 11) is 1.46. The Bertz CT molecular complexity index is 650. The number of hydrogen-bond acceptors (Lipinski definition) is 5. The predicted molar refractivity (Wildman–Crippen MR) is 81.3 cm³/mol. The van der Waals surface area contributed by atoms with Gasteiger partial charge in [-0.15, -0.1) is 0 Å². The van der Waals surface area contributed by atoms with Crippen molar-refractivity contribution >= 4 is 17.8 Å². The number of rotatable bonds is 6. The molecule has 0 aliphatic rings. The van der Waals surface area contributed by atoms with Gasteiger partial charge in [0, 0.05) is 6.20 Å². The van der Waals surface area contributed by atoms with Crippen molar-refractivity contribution < 1.29 is 18.7 Å². The maximum atomic E-state index is 13.6. The second-order valence-corrected chi connectivity index (χ2v) is 4.71. The van der Waals surface area contributed by atoms with E-state index in [0.717, 1.165) is 6.07 Å². The second-order valence-electron chi connectivity index (χ2n) is 4.27. The molecule has 0 fully saturated rings. The molecule has 0 spiro atoms. The number of benzene rings is 1. The zero-order chi connectivity index (χ0) is 15.9. The standard InChI is InChI=1S/C15H14ClFN2O3/c1-10(8-19-20-2)21-12-3-5-13(6-4-12)22-15-14(17)7-11(16)9-18-15/h3-10H,1-2H3/b19-8+/t10-/m0/s1. The molecule has 1 atom stereocenters. The van der Waals surface area contributed by atoms with Crippen LogP contribution in [-0.2, 0) is 4.84 Å². The van der Waals surface area contributed by atoms with E-state index in [1.54, 1.807) is 24.3 Å². The molecule has 0 saturated heterocycles. The first-order chi connectivity index (χ1) is 10.6. The molecule has 116 valence electrons. The summed E-state index contributed by atoms with van der Waals surface area (Å²) in [5.74, 6) is 0.280. The molecule has 2 rings (SSSR count). The van der Waals surface area contributed by atoms with Crippen LogP contribution >= 0.6 is 11.6 Å². The van der Waals surface area contributed by atoms with E-state index in [2.05, 4.69) is 15.0 Å². The highest BCUT2D eigenvalue weighted by Crippen LogP contribution is 2.25. The minimum Gasteiger partial charge on any atom is -0.485 e. The highest BCUT2D eigenvalue weighted by atomic mass is 35.5. The van der Waals surface area contributed by atoms with E-state index in [0.29, 0.717) is 11.5 Å². The van der Waals surface area contributed by atoms with Gasteiger partial charge in [-0.3, -0.25) is 0 Å². The molecule has 0 amide bonds. The summed E-state index contributed by atoms with van der Waals surface area (Å²) in [6, 6.07) is 7.81. The third-order valence-corrected chi connectivity index (χ3v) is 2.72. The molecule has 7 heteroatoms. The summed E-state index contributed by atoms with van der Waals surface area (Å²) in [6.45, 7) is 1.82. The van der Waals surface area contributed by atoms with Gasteiger partial charge in [-0.2, -0.15) is 0 Å². The average molecular weight is 325 g/mol. The SMILES string of the molecule is CO/N=C/[C@H](C)Oc1ccc(Oc2ncc(Cl)cc2F)cc1. The van der Waals surface area contributed by atoms with Crippen molar-refractivity contribution in [2.24, 2.45) is 5.16 Å². The minimum absolute atomic E-state index is 0.140. The molecule has 0 aliphatic heterocycles. The first kappa shape index (κ1) is 16.0. The third-order valence-electron chi connectivity index (χ3n) is 2.51. The van der Waals surface area contributed by atoms with Gasteiger partial charge in [-0.25, -0.2) is 9.37 Å². The van der Waals surface area contributed by atoms with E-state index in [1.807, 2.05) is 6.92 Å². The van der Waals surface area contributed by atoms with Crippen LogP contribution in [-0.4, -0.2) is 24.4 Å². The Balaban J connectivity index is 2.01. The van der Waals surface area contributed by atoms with Gasteiger partial charge >= 0.3 is 0 Å². The number of oxime groups is 1. The Morgan fingerprint density at radius 1 is 1.27 bits per heavy atom. The van der Waals surface area contributed by atoms with Gasteiger partial charge in [-0.1, -0.05) is 16.8 Å². The van der Waals surface area contributed by atoms with Gasteiger partial charge < -0.3 is 14.3 Å². The summed E-state index contributed by atoms with van der Waals surface area (Å²) >= 11 is 5.63. The lowest BCUT2D eigenvalue weighted by atomic mass is 10.3. The number of aromatic nitrogens is 1. The zero-order valence-electron chi connectivity index (χ0n) is 12.0. The monoisotopic (exact) mass is 324 g/mol. The number of nitrogens with zero attached hydrogens (tertiary/aromatic N) is 2. The quantitative estimate of drug-likeness (QED) is 0.594. The fourth-order valence-electron chi connectivity index (χ4n) is 1.57. The first-order valence-electron chi connectivity index (χ1n) is 6.40. The molecule has 5 nitrogen and oxygen atoms in total. The third kappa shape index (κ3) is 4.60. The van der Waals surface area contributed by atoms with E-state index in [-0.39, 0.29) is 17.0 Å². The van der Waals surface area contributed by atoms with Gasteiger partial charge in [0.1, 0.15) is 24.7 Å². The Kier molecular flexibility index (Phi) is 5.55. The van der Waals surface area contributed by atoms with Crippen LogP contribution in [0.15, 0.2) is 41.7 Å². The number of pyridine rings is 1. The summed E-state index contributed by atoms with van der Waals surface area (Å²) in [4.78, 5) is 8.36. The number of ether oxygens (including phenoxy) is 2. The molecule has 0 aliphatic carbocycles. The number of halogens is 2. The summed E-state index contributed by atoms with van der Waals surface area (Å²) in [5.41, 5.74) is 0. The Morgan fingerprint density at radius 2 is 1.95 bits per heavy atom. The molecule has 0 bridgehead atoms. The molecule has 0 N–H and O–H groups in total. The average Bonchev–Trinajstić information content (AvgIpc) is 2.50. The molecular weight excluding hydrogens is 311 g/mol. The van der Waals surface area contributed by atoms with Crippen molar-refractivity contribution in [3.8, 4) is 17.4 Å². The lowest BCUT2D eigenvalue weighted by Crippen LogP contribution is -2.13. The smallest absolute Gasteiger partial charge is 0.255 e. The fraction of sp³-hybridized carbons (Fsp3) is 0.200. The normalized spacial score (nSPS) is 12.2. The zero-order valence-corrected chi connectivity index (χ0v) is 12.7. The van der Waals surface area contributed by atoms with Crippen LogP contribution in [0.25, 0.3) is 0 Å². The van der Waals surface area contributed by atoms with E-state index in [4.69, 9.17) is 21.1 Å². The molecule has 1 aromatic carbocycles. The Labute approximate surface area is 132 Å². The van der Waals surface area contributed by atoms with Crippen LogP contribution in [0.5, 0.6) is 17.4 Å². The van der Waals surface area contributed by atoms with Crippen molar-refractivity contribution in [2.75, 3.05) is 7.11 Å². The van der Waals surface area contributed by atoms with Gasteiger partial charge in [0.05, 0.1) is 11.2 Å². The number of hydrogen-bond donors (Lipinski definition) is 0. The van der Waals surface area contributed by atoms with E-state index < -0.39 is 5.82 Å². The van der Waals surface area contributed by atoms with Gasteiger partial charge in [-0.05, 0) is 37.3 Å². The van der Waals surface area contributed by atoms with Gasteiger partial charge in [0.15, 0.2) is 5.82 Å². The maximum Gasteiger partial charge on any atom is 0.255 e. The van der Waals surface area contributed by atoms with Gasteiger partial charge in [0.25, 0.3) is 5.88 Å². The van der Waals surface area contributed by atoms with E-state index in [9.17, 15) is 4.39 Å². The highest BCUT2D eigenvalue weighted by Gasteiger charge is 2.08. The molecule has 2 aromatic rings. The van der Waals surface area contributed by atoms with Crippen LogP contribution in [0.3, 0.4) is 0 Å². The van der Waals surface area contributed by atoms with Crippen LogP contribution < -0.4 is 9.47 Å². The molecule has 1 aromatic heterocycles.